The van der Waals surface area contributed by atoms with E-state index in [4.69, 9.17) is 4.42 Å². The average molecular weight is 337 g/mol. The number of furan rings is 1. The molecule has 0 unspecified atom stereocenters. The second-order valence-corrected chi connectivity index (χ2v) is 7.06. The summed E-state index contributed by atoms with van der Waals surface area (Å²) in [5, 5.41) is 4.03. The van der Waals surface area contributed by atoms with E-state index < -0.39 is 0 Å². The second-order valence-electron chi connectivity index (χ2n) is 6.19. The van der Waals surface area contributed by atoms with E-state index in [1.807, 2.05) is 30.5 Å². The van der Waals surface area contributed by atoms with Crippen molar-refractivity contribution in [3.63, 3.8) is 0 Å². The first-order valence-electron chi connectivity index (χ1n) is 8.19. The van der Waals surface area contributed by atoms with E-state index in [1.54, 1.807) is 18.0 Å². The first-order chi connectivity index (χ1) is 11.7. The zero-order valence-electron chi connectivity index (χ0n) is 13.6. The van der Waals surface area contributed by atoms with Crippen LogP contribution in [0.25, 0.3) is 11.0 Å². The van der Waals surface area contributed by atoms with E-state index in [0.717, 1.165) is 35.1 Å². The Labute approximate surface area is 145 Å². The first kappa shape index (κ1) is 15.3. The summed E-state index contributed by atoms with van der Waals surface area (Å²) in [7, 11) is 0. The molecule has 1 aromatic heterocycles. The van der Waals surface area contributed by atoms with Crippen molar-refractivity contribution in [2.75, 3.05) is 11.6 Å². The zero-order valence-corrected chi connectivity index (χ0v) is 14.4. The summed E-state index contributed by atoms with van der Waals surface area (Å²) in [6, 6.07) is 12.2. The van der Waals surface area contributed by atoms with Gasteiger partial charge in [-0.05, 0) is 73.0 Å². The van der Waals surface area contributed by atoms with Crippen molar-refractivity contribution in [3.8, 4) is 0 Å². The van der Waals surface area contributed by atoms with Gasteiger partial charge in [-0.25, -0.2) is 0 Å². The van der Waals surface area contributed by atoms with E-state index in [-0.39, 0.29) is 5.91 Å². The fourth-order valence-corrected chi connectivity index (χ4v) is 3.75. The van der Waals surface area contributed by atoms with Gasteiger partial charge in [-0.3, -0.25) is 4.79 Å². The molecule has 24 heavy (non-hydrogen) atoms. The molecule has 0 saturated carbocycles. The topological polar surface area (TPSA) is 42.2 Å². The number of benzene rings is 2. The molecule has 3 nitrogen and oxygen atoms in total. The Morgan fingerprint density at radius 3 is 2.67 bits per heavy atom. The maximum Gasteiger partial charge on any atom is 0.228 e. The Kier molecular flexibility index (Phi) is 4.07. The zero-order chi connectivity index (χ0) is 16.5. The molecule has 3 aromatic rings. The van der Waals surface area contributed by atoms with Crippen LogP contribution < -0.4 is 5.32 Å². The van der Waals surface area contributed by atoms with E-state index in [2.05, 4.69) is 17.4 Å². The highest BCUT2D eigenvalue weighted by molar-refractivity contribution is 7.98. The highest BCUT2D eigenvalue weighted by atomic mass is 32.2. The van der Waals surface area contributed by atoms with Crippen LogP contribution >= 0.6 is 11.8 Å². The van der Waals surface area contributed by atoms with Gasteiger partial charge in [-0.1, -0.05) is 0 Å². The molecule has 1 heterocycles. The highest BCUT2D eigenvalue weighted by Gasteiger charge is 2.16. The van der Waals surface area contributed by atoms with Gasteiger partial charge in [0.1, 0.15) is 5.58 Å². The molecule has 1 aliphatic carbocycles. The first-order valence-corrected chi connectivity index (χ1v) is 9.41. The van der Waals surface area contributed by atoms with Crippen LogP contribution in [-0.2, 0) is 24.1 Å². The van der Waals surface area contributed by atoms with Gasteiger partial charge in [0, 0.05) is 21.5 Å². The van der Waals surface area contributed by atoms with Crippen LogP contribution in [0, 0.1) is 0 Å². The normalized spacial score (nSPS) is 13.2. The molecule has 122 valence electrons. The van der Waals surface area contributed by atoms with Crippen molar-refractivity contribution in [1.82, 2.24) is 0 Å². The molecule has 1 amide bonds. The van der Waals surface area contributed by atoms with Gasteiger partial charge >= 0.3 is 0 Å². The number of carbonyl (C=O) groups is 1. The third-order valence-corrected chi connectivity index (χ3v) is 5.34. The summed E-state index contributed by atoms with van der Waals surface area (Å²) in [6.07, 6.45) is 7.56. The van der Waals surface area contributed by atoms with E-state index in [9.17, 15) is 4.79 Å². The van der Waals surface area contributed by atoms with Gasteiger partial charge in [-0.15, -0.1) is 11.8 Å². The van der Waals surface area contributed by atoms with Crippen LogP contribution in [0.4, 0.5) is 5.69 Å². The van der Waals surface area contributed by atoms with E-state index in [1.165, 1.54) is 22.4 Å². The van der Waals surface area contributed by atoms with Crippen LogP contribution in [0.3, 0.4) is 0 Å². The maximum atomic E-state index is 12.4. The van der Waals surface area contributed by atoms with Crippen molar-refractivity contribution >= 4 is 34.3 Å². The van der Waals surface area contributed by atoms with Crippen molar-refractivity contribution in [2.24, 2.45) is 0 Å². The maximum absolute atomic E-state index is 12.4. The molecule has 0 saturated heterocycles. The molecule has 0 spiro atoms. The molecule has 1 aliphatic rings. The Bertz CT molecular complexity index is 896. The van der Waals surface area contributed by atoms with E-state index >= 15 is 0 Å². The van der Waals surface area contributed by atoms with Gasteiger partial charge in [0.25, 0.3) is 0 Å². The van der Waals surface area contributed by atoms with Crippen LogP contribution in [-0.4, -0.2) is 12.2 Å². The molecule has 0 radical (unpaired) electrons. The summed E-state index contributed by atoms with van der Waals surface area (Å²) in [4.78, 5) is 13.5. The number of carbonyl (C=O) groups excluding carboxylic acids is 1. The largest absolute Gasteiger partial charge is 0.464 e. The molecule has 0 aliphatic heterocycles. The Morgan fingerprint density at radius 1 is 1.17 bits per heavy atom. The molecule has 0 atom stereocenters. The number of amides is 1. The average Bonchev–Trinajstić information content (AvgIpc) is 3.20. The van der Waals surface area contributed by atoms with Crippen LogP contribution in [0.5, 0.6) is 0 Å². The van der Waals surface area contributed by atoms with Crippen LogP contribution in [0.1, 0.15) is 23.1 Å². The summed E-state index contributed by atoms with van der Waals surface area (Å²) in [5.41, 5.74) is 5.46. The number of thioether (sulfide) groups is 1. The third-order valence-electron chi connectivity index (χ3n) is 4.59. The molecule has 1 N–H and O–H groups in total. The lowest BCUT2D eigenvalue weighted by Crippen LogP contribution is -2.14. The second kappa shape index (κ2) is 6.36. The fraction of sp³-hybridized carbons (Fsp3) is 0.250. The lowest BCUT2D eigenvalue weighted by molar-refractivity contribution is -0.115. The Balaban J connectivity index is 1.52. The summed E-state index contributed by atoms with van der Waals surface area (Å²) < 4.78 is 5.67. The monoisotopic (exact) mass is 337 g/mol. The smallest absolute Gasteiger partial charge is 0.228 e. The standard InChI is InChI=1S/C20H19NO2S/c1-24-17-7-5-16(6-8-17)21-20(22)11-15-12-23-19-10-14-4-2-3-13(14)9-18(15)19/h5-10,12H,2-4,11H2,1H3,(H,21,22). The quantitative estimate of drug-likeness (QED) is 0.694. The van der Waals surface area contributed by atoms with Crippen LogP contribution in [0.15, 0.2) is 52.0 Å². The number of fused-ring (bicyclic) bond motifs is 2. The van der Waals surface area contributed by atoms with Crippen molar-refractivity contribution in [1.29, 1.82) is 0 Å². The SMILES string of the molecule is CSc1ccc(NC(=O)Cc2coc3cc4c(cc23)CCC4)cc1. The number of anilines is 1. The van der Waals surface area contributed by atoms with Crippen molar-refractivity contribution < 1.29 is 9.21 Å². The summed E-state index contributed by atoms with van der Waals surface area (Å²) in [5.74, 6) is -0.0184. The summed E-state index contributed by atoms with van der Waals surface area (Å²) in [6.45, 7) is 0. The van der Waals surface area contributed by atoms with Gasteiger partial charge in [0.05, 0.1) is 12.7 Å². The van der Waals surface area contributed by atoms with Gasteiger partial charge < -0.3 is 9.73 Å². The van der Waals surface area contributed by atoms with E-state index in [0.29, 0.717) is 6.42 Å². The van der Waals surface area contributed by atoms with Gasteiger partial charge in [0.15, 0.2) is 0 Å². The molecular weight excluding hydrogens is 318 g/mol. The minimum absolute atomic E-state index is 0.0184. The van der Waals surface area contributed by atoms with Gasteiger partial charge in [-0.2, -0.15) is 0 Å². The minimum Gasteiger partial charge on any atom is -0.464 e. The minimum atomic E-state index is -0.0184. The number of nitrogens with one attached hydrogen (secondary N) is 1. The summed E-state index contributed by atoms with van der Waals surface area (Å²) >= 11 is 1.69. The molecular formula is C20H19NO2S. The van der Waals surface area contributed by atoms with Crippen LogP contribution in [0.2, 0.25) is 0 Å². The number of hydrogen-bond donors (Lipinski definition) is 1. The Morgan fingerprint density at radius 2 is 1.92 bits per heavy atom. The molecule has 2 aromatic carbocycles. The lowest BCUT2D eigenvalue weighted by Gasteiger charge is -2.06. The molecule has 0 fully saturated rings. The van der Waals surface area contributed by atoms with Crippen molar-refractivity contribution in [3.05, 3.63) is 59.4 Å². The number of aryl methyl sites for hydroxylation is 2. The highest BCUT2D eigenvalue weighted by Crippen LogP contribution is 2.30. The predicted octanol–water partition coefficient (Wildman–Crippen LogP) is 4.82. The number of hydrogen-bond acceptors (Lipinski definition) is 3. The lowest BCUT2D eigenvalue weighted by atomic mass is 10.0. The number of rotatable bonds is 4. The predicted molar refractivity (Wildman–Crippen MR) is 98.8 cm³/mol. The fourth-order valence-electron chi connectivity index (χ4n) is 3.34. The van der Waals surface area contributed by atoms with Crippen molar-refractivity contribution in [2.45, 2.75) is 30.6 Å². The Hall–Kier alpha value is -2.20. The molecule has 4 heteroatoms. The molecule has 4 rings (SSSR count). The van der Waals surface area contributed by atoms with Gasteiger partial charge in [0.2, 0.25) is 5.91 Å². The molecule has 0 bridgehead atoms. The third kappa shape index (κ3) is 2.94.